The average Bonchev–Trinajstić information content (AvgIpc) is 2.93. The van der Waals surface area contributed by atoms with Gasteiger partial charge in [0.2, 0.25) is 0 Å². The number of aliphatic hydroxyl groups is 5. The lowest BCUT2D eigenvalue weighted by Gasteiger charge is -2.16. The molecular weight excluding hydrogens is 532 g/mol. The van der Waals surface area contributed by atoms with Crippen molar-refractivity contribution in [1.82, 2.24) is 0 Å². The van der Waals surface area contributed by atoms with Crippen molar-refractivity contribution in [3.05, 3.63) is 83.6 Å². The fourth-order valence-electron chi connectivity index (χ4n) is 3.95. The molecule has 0 fully saturated rings. The smallest absolute Gasteiger partial charge is 0.161 e. The van der Waals surface area contributed by atoms with E-state index in [0.29, 0.717) is 13.2 Å². The minimum Gasteiger partial charge on any atom is -0.512 e. The van der Waals surface area contributed by atoms with Crippen LogP contribution in [0.4, 0.5) is 0 Å². The van der Waals surface area contributed by atoms with Gasteiger partial charge >= 0.3 is 0 Å². The molecule has 0 aliphatic carbocycles. The van der Waals surface area contributed by atoms with E-state index in [1.54, 1.807) is 0 Å². The standard InChI is InChI=1S/C31H44O10/c32-26(11-13-38-22-40-20-24-7-3-1-4-8-24)15-28(34)17-30(36)19-31(37)18-29(35)16-27(33)12-14-39-23-41-21-25-9-5-2-6-10-25/h1-10,19,26-29,32-36H,11-18,20-23H2/b30-19-/t26-,27-,28+,29+/m1/s1. The Morgan fingerprint density at radius 1 is 0.634 bits per heavy atom. The first-order valence-corrected chi connectivity index (χ1v) is 13.8. The first-order valence-electron chi connectivity index (χ1n) is 13.8. The molecule has 0 spiro atoms. The highest BCUT2D eigenvalue weighted by Gasteiger charge is 2.17. The van der Waals surface area contributed by atoms with Gasteiger partial charge in [-0.05, 0) is 36.8 Å². The van der Waals surface area contributed by atoms with Gasteiger partial charge in [0.1, 0.15) is 13.6 Å². The predicted octanol–water partition coefficient (Wildman–Crippen LogP) is 3.16. The largest absolute Gasteiger partial charge is 0.512 e. The molecule has 0 unspecified atom stereocenters. The summed E-state index contributed by atoms with van der Waals surface area (Å²) < 4.78 is 21.5. The minimum absolute atomic E-state index is 0.00545. The van der Waals surface area contributed by atoms with Crippen LogP contribution in [-0.2, 0) is 37.0 Å². The van der Waals surface area contributed by atoms with Crippen LogP contribution in [0.5, 0.6) is 0 Å². The highest BCUT2D eigenvalue weighted by Crippen LogP contribution is 2.13. The van der Waals surface area contributed by atoms with E-state index in [1.807, 2.05) is 60.7 Å². The van der Waals surface area contributed by atoms with Crippen LogP contribution in [0.15, 0.2) is 72.5 Å². The molecule has 10 nitrogen and oxygen atoms in total. The molecule has 228 valence electrons. The van der Waals surface area contributed by atoms with Crippen molar-refractivity contribution in [2.75, 3.05) is 26.8 Å². The van der Waals surface area contributed by atoms with Gasteiger partial charge in [0.25, 0.3) is 0 Å². The summed E-state index contributed by atoms with van der Waals surface area (Å²) in [6.45, 7) is 1.47. The second-order valence-electron chi connectivity index (χ2n) is 9.89. The minimum atomic E-state index is -1.10. The van der Waals surface area contributed by atoms with E-state index in [9.17, 15) is 30.3 Å². The lowest BCUT2D eigenvalue weighted by molar-refractivity contribution is -0.117. The Hall–Kier alpha value is -2.67. The zero-order chi connectivity index (χ0) is 29.7. The Bertz CT molecular complexity index is 969. The second-order valence-corrected chi connectivity index (χ2v) is 9.89. The monoisotopic (exact) mass is 576 g/mol. The Morgan fingerprint density at radius 3 is 1.54 bits per heavy atom. The number of benzene rings is 2. The summed E-state index contributed by atoms with van der Waals surface area (Å²) in [5.74, 6) is -0.888. The number of carbonyl (C=O) groups excluding carboxylic acids is 1. The van der Waals surface area contributed by atoms with E-state index in [0.717, 1.165) is 17.2 Å². The summed E-state index contributed by atoms with van der Waals surface area (Å²) in [5.41, 5.74) is 2.05. The molecule has 2 aromatic carbocycles. The van der Waals surface area contributed by atoms with Crippen molar-refractivity contribution >= 4 is 5.78 Å². The molecule has 41 heavy (non-hydrogen) atoms. The molecule has 0 heterocycles. The summed E-state index contributed by atoms with van der Waals surface area (Å²) >= 11 is 0. The summed E-state index contributed by atoms with van der Waals surface area (Å²) in [7, 11) is 0. The number of hydrogen-bond donors (Lipinski definition) is 5. The van der Waals surface area contributed by atoms with Crippen molar-refractivity contribution < 1.29 is 49.3 Å². The normalized spacial score (nSPS) is 14.9. The van der Waals surface area contributed by atoms with Gasteiger partial charge in [-0.25, -0.2) is 0 Å². The third-order valence-corrected chi connectivity index (χ3v) is 6.04. The van der Waals surface area contributed by atoms with Gasteiger partial charge < -0.3 is 44.5 Å². The zero-order valence-electron chi connectivity index (χ0n) is 23.4. The average molecular weight is 577 g/mol. The van der Waals surface area contributed by atoms with Gasteiger partial charge in [0.05, 0.1) is 56.6 Å². The van der Waals surface area contributed by atoms with Crippen molar-refractivity contribution in [2.45, 2.75) is 76.2 Å². The topological polar surface area (TPSA) is 155 Å². The maximum Gasteiger partial charge on any atom is 0.161 e. The number of ketones is 1. The maximum absolute atomic E-state index is 12.1. The molecule has 2 rings (SSSR count). The lowest BCUT2D eigenvalue weighted by atomic mass is 10.0. The van der Waals surface area contributed by atoms with E-state index in [4.69, 9.17) is 18.9 Å². The highest BCUT2D eigenvalue weighted by atomic mass is 16.7. The fourth-order valence-corrected chi connectivity index (χ4v) is 3.95. The molecule has 0 saturated heterocycles. The van der Waals surface area contributed by atoms with Crippen LogP contribution in [0.3, 0.4) is 0 Å². The lowest BCUT2D eigenvalue weighted by Crippen LogP contribution is -2.22. The van der Waals surface area contributed by atoms with Crippen molar-refractivity contribution in [2.24, 2.45) is 0 Å². The Morgan fingerprint density at radius 2 is 1.07 bits per heavy atom. The Kier molecular flexibility index (Phi) is 17.8. The van der Waals surface area contributed by atoms with Crippen LogP contribution in [-0.4, -0.2) is 82.5 Å². The molecule has 0 aliphatic rings. The van der Waals surface area contributed by atoms with E-state index < -0.39 is 30.2 Å². The zero-order valence-corrected chi connectivity index (χ0v) is 23.4. The predicted molar refractivity (Wildman–Crippen MR) is 152 cm³/mol. The third-order valence-electron chi connectivity index (χ3n) is 6.04. The van der Waals surface area contributed by atoms with Crippen molar-refractivity contribution in [3.63, 3.8) is 0 Å². The molecular formula is C31H44O10. The Labute approximate surface area is 241 Å². The molecule has 0 radical (unpaired) electrons. The number of hydrogen-bond acceptors (Lipinski definition) is 10. The van der Waals surface area contributed by atoms with E-state index in [2.05, 4.69) is 0 Å². The first-order chi connectivity index (χ1) is 19.8. The molecule has 5 N–H and O–H groups in total. The SMILES string of the molecule is O=C(/C=C(\O)C[C@@H](O)C[C@H](O)CCOCOCc1ccccc1)C[C@@H](O)C[C@H](O)CCOCOCc1ccccc1. The van der Waals surface area contributed by atoms with Crippen molar-refractivity contribution in [1.29, 1.82) is 0 Å². The van der Waals surface area contributed by atoms with Crippen molar-refractivity contribution in [3.8, 4) is 0 Å². The van der Waals surface area contributed by atoms with E-state index >= 15 is 0 Å². The van der Waals surface area contributed by atoms with Gasteiger partial charge in [0.15, 0.2) is 5.78 Å². The molecule has 10 heteroatoms. The summed E-state index contributed by atoms with van der Waals surface area (Å²) in [6.07, 6.45) is -2.93. The van der Waals surface area contributed by atoms with Gasteiger partial charge in [-0.2, -0.15) is 0 Å². The summed E-state index contributed by atoms with van der Waals surface area (Å²) in [5, 5.41) is 50.4. The number of rotatable bonds is 23. The van der Waals surface area contributed by atoms with Gasteiger partial charge in [-0.3, -0.25) is 4.79 Å². The van der Waals surface area contributed by atoms with Crippen LogP contribution in [0.2, 0.25) is 0 Å². The second kappa shape index (κ2) is 21.1. The van der Waals surface area contributed by atoms with Crippen LogP contribution in [0, 0.1) is 0 Å². The summed E-state index contributed by atoms with van der Waals surface area (Å²) in [4.78, 5) is 12.1. The van der Waals surface area contributed by atoms with Gasteiger partial charge in [-0.15, -0.1) is 0 Å². The molecule has 0 bridgehead atoms. The quantitative estimate of drug-likeness (QED) is 0.0577. The molecule has 0 aromatic heterocycles. The molecule has 0 amide bonds. The Balaban J connectivity index is 1.50. The third kappa shape index (κ3) is 17.7. The van der Waals surface area contributed by atoms with Crippen LogP contribution >= 0.6 is 0 Å². The van der Waals surface area contributed by atoms with Crippen LogP contribution in [0.1, 0.15) is 49.7 Å². The van der Waals surface area contributed by atoms with E-state index in [-0.39, 0.29) is 71.1 Å². The molecule has 2 aromatic rings. The molecule has 4 atom stereocenters. The number of aliphatic hydroxyl groups excluding tert-OH is 5. The number of allylic oxidation sites excluding steroid dienone is 1. The first kappa shape index (κ1) is 34.5. The summed E-state index contributed by atoms with van der Waals surface area (Å²) in [6, 6.07) is 19.3. The van der Waals surface area contributed by atoms with E-state index in [1.165, 1.54) is 0 Å². The highest BCUT2D eigenvalue weighted by molar-refractivity contribution is 5.90. The maximum atomic E-state index is 12.1. The van der Waals surface area contributed by atoms with Gasteiger partial charge in [0, 0.05) is 18.9 Å². The molecule has 0 aliphatic heterocycles. The number of ether oxygens (including phenoxy) is 4. The van der Waals surface area contributed by atoms with Crippen LogP contribution < -0.4 is 0 Å². The fraction of sp³-hybridized carbons (Fsp3) is 0.516. The number of carbonyl (C=O) groups is 1. The van der Waals surface area contributed by atoms with Gasteiger partial charge in [-0.1, -0.05) is 60.7 Å². The van der Waals surface area contributed by atoms with Crippen LogP contribution in [0.25, 0.3) is 0 Å². The molecule has 0 saturated carbocycles.